The molecule has 5 nitrogen and oxygen atoms in total. The number of aromatic nitrogens is 2. The Kier molecular flexibility index (Phi) is 6.72. The number of amides is 1. The lowest BCUT2D eigenvalue weighted by Gasteiger charge is -2.21. The van der Waals surface area contributed by atoms with Crippen LogP contribution >= 0.6 is 0 Å². The van der Waals surface area contributed by atoms with Crippen molar-refractivity contribution in [2.24, 2.45) is 0 Å². The van der Waals surface area contributed by atoms with E-state index in [2.05, 4.69) is 49.9 Å². The second kappa shape index (κ2) is 8.79. The smallest absolute Gasteiger partial charge is 0.243 e. The molecule has 0 aliphatic carbocycles. The van der Waals surface area contributed by atoms with Crippen molar-refractivity contribution in [3.63, 3.8) is 0 Å². The molecule has 1 aromatic carbocycles. The third-order valence-electron chi connectivity index (χ3n) is 4.30. The normalized spacial score (nSPS) is 11.1. The largest absolute Gasteiger partial charge is 0.350 e. The second-order valence-corrected chi connectivity index (χ2v) is 7.23. The van der Waals surface area contributed by atoms with Gasteiger partial charge < -0.3 is 10.2 Å². The lowest BCUT2D eigenvalue weighted by atomic mass is 10.1. The van der Waals surface area contributed by atoms with E-state index in [1.165, 1.54) is 0 Å². The number of nitrogens with one attached hydrogen (secondary N) is 1. The van der Waals surface area contributed by atoms with Crippen molar-refractivity contribution in [2.45, 2.75) is 52.9 Å². The molecule has 5 heteroatoms. The van der Waals surface area contributed by atoms with E-state index in [9.17, 15) is 4.79 Å². The van der Waals surface area contributed by atoms with E-state index in [0.29, 0.717) is 5.92 Å². The number of hydrogen-bond donors (Lipinski definition) is 1. The quantitative estimate of drug-likeness (QED) is 0.802. The molecule has 1 heterocycles. The Morgan fingerprint density at radius 2 is 1.81 bits per heavy atom. The van der Waals surface area contributed by atoms with Gasteiger partial charge in [-0.2, -0.15) is 0 Å². The maximum atomic E-state index is 12.5. The van der Waals surface area contributed by atoms with Gasteiger partial charge in [0.05, 0.1) is 6.54 Å². The molecule has 1 N–H and O–H groups in total. The van der Waals surface area contributed by atoms with Crippen molar-refractivity contribution in [3.05, 3.63) is 47.4 Å². The van der Waals surface area contributed by atoms with E-state index < -0.39 is 0 Å². The number of nitrogens with zero attached hydrogens (tertiary/aromatic N) is 3. The van der Waals surface area contributed by atoms with Gasteiger partial charge in [0.1, 0.15) is 11.6 Å². The summed E-state index contributed by atoms with van der Waals surface area (Å²) in [6, 6.07) is 9.88. The predicted molar refractivity (Wildman–Crippen MR) is 108 cm³/mol. The van der Waals surface area contributed by atoms with Gasteiger partial charge in [-0.25, -0.2) is 9.97 Å². The summed E-state index contributed by atoms with van der Waals surface area (Å²) in [4.78, 5) is 23.7. The Bertz CT molecular complexity index is 729. The Hall–Kier alpha value is -2.43. The van der Waals surface area contributed by atoms with Crippen molar-refractivity contribution in [2.75, 3.05) is 23.8 Å². The first kappa shape index (κ1) is 19.9. The average Bonchev–Trinajstić information content (AvgIpc) is 2.61. The fraction of sp³-hybridized carbons (Fsp3) is 0.476. The third-order valence-corrected chi connectivity index (χ3v) is 4.30. The molecule has 0 saturated heterocycles. The molecule has 0 fully saturated rings. The highest BCUT2D eigenvalue weighted by molar-refractivity contribution is 5.94. The fourth-order valence-electron chi connectivity index (χ4n) is 2.66. The first-order valence-electron chi connectivity index (χ1n) is 9.29. The first-order chi connectivity index (χ1) is 12.3. The second-order valence-electron chi connectivity index (χ2n) is 7.23. The molecule has 1 aromatic heterocycles. The molecule has 26 heavy (non-hydrogen) atoms. The zero-order chi connectivity index (χ0) is 19.3. The van der Waals surface area contributed by atoms with Crippen LogP contribution in [0.5, 0.6) is 0 Å². The summed E-state index contributed by atoms with van der Waals surface area (Å²) in [6.45, 7) is 10.7. The molecule has 0 atom stereocenters. The highest BCUT2D eigenvalue weighted by Crippen LogP contribution is 2.21. The van der Waals surface area contributed by atoms with Gasteiger partial charge in [-0.15, -0.1) is 0 Å². The van der Waals surface area contributed by atoms with E-state index in [1.54, 1.807) is 0 Å². The minimum absolute atomic E-state index is 0.0517. The van der Waals surface area contributed by atoms with E-state index in [-0.39, 0.29) is 18.4 Å². The van der Waals surface area contributed by atoms with Crippen molar-refractivity contribution in [1.29, 1.82) is 0 Å². The lowest BCUT2D eigenvalue weighted by molar-refractivity contribution is -0.114. The highest BCUT2D eigenvalue weighted by atomic mass is 16.2. The zero-order valence-corrected chi connectivity index (χ0v) is 16.7. The predicted octanol–water partition coefficient (Wildman–Crippen LogP) is 4.36. The van der Waals surface area contributed by atoms with Crippen molar-refractivity contribution in [1.82, 2.24) is 9.97 Å². The van der Waals surface area contributed by atoms with Crippen molar-refractivity contribution < 1.29 is 4.79 Å². The summed E-state index contributed by atoms with van der Waals surface area (Å²) in [5, 5.41) is 3.01. The number of anilines is 2. The number of carbonyl (C=O) groups is 1. The molecular formula is C21H30N4O. The van der Waals surface area contributed by atoms with Gasteiger partial charge in [-0.1, -0.05) is 52.8 Å². The van der Waals surface area contributed by atoms with Crippen LogP contribution in [0.4, 0.5) is 11.5 Å². The fourth-order valence-corrected chi connectivity index (χ4v) is 2.66. The molecular weight excluding hydrogens is 324 g/mol. The van der Waals surface area contributed by atoms with Crippen LogP contribution in [0.15, 0.2) is 30.3 Å². The lowest BCUT2D eigenvalue weighted by Crippen LogP contribution is -2.31. The topological polar surface area (TPSA) is 58.1 Å². The summed E-state index contributed by atoms with van der Waals surface area (Å²) >= 11 is 0. The maximum absolute atomic E-state index is 12.5. The van der Waals surface area contributed by atoms with E-state index in [4.69, 9.17) is 0 Å². The van der Waals surface area contributed by atoms with Crippen LogP contribution in [0, 0.1) is 0 Å². The minimum atomic E-state index is -0.0517. The monoisotopic (exact) mass is 354 g/mol. The molecule has 0 saturated carbocycles. The molecule has 2 rings (SSSR count). The van der Waals surface area contributed by atoms with Crippen LogP contribution in [0.25, 0.3) is 0 Å². The third kappa shape index (κ3) is 5.04. The molecule has 0 spiro atoms. The van der Waals surface area contributed by atoms with Gasteiger partial charge in [-0.05, 0) is 24.0 Å². The molecule has 0 radical (unpaired) electrons. The van der Waals surface area contributed by atoms with Crippen molar-refractivity contribution in [3.8, 4) is 0 Å². The molecule has 0 unspecified atom stereocenters. The Balaban J connectivity index is 2.16. The number of rotatable bonds is 7. The number of para-hydroxylation sites is 1. The van der Waals surface area contributed by atoms with Crippen molar-refractivity contribution >= 4 is 17.4 Å². The summed E-state index contributed by atoms with van der Waals surface area (Å²) in [7, 11) is 1.89. The molecule has 140 valence electrons. The van der Waals surface area contributed by atoms with Gasteiger partial charge >= 0.3 is 0 Å². The summed E-state index contributed by atoms with van der Waals surface area (Å²) in [5.74, 6) is 2.10. The van der Waals surface area contributed by atoms with E-state index >= 15 is 0 Å². The molecule has 1 amide bonds. The first-order valence-corrected chi connectivity index (χ1v) is 9.29. The van der Waals surface area contributed by atoms with Gasteiger partial charge in [0.15, 0.2) is 0 Å². The van der Waals surface area contributed by atoms with Gasteiger partial charge in [0, 0.05) is 30.4 Å². The number of benzene rings is 1. The molecule has 0 bridgehead atoms. The average molecular weight is 354 g/mol. The van der Waals surface area contributed by atoms with Gasteiger partial charge in [0.25, 0.3) is 0 Å². The summed E-state index contributed by atoms with van der Waals surface area (Å²) in [5.41, 5.74) is 3.01. The van der Waals surface area contributed by atoms with E-state index in [1.807, 2.05) is 42.3 Å². The molecule has 0 aliphatic heterocycles. The minimum Gasteiger partial charge on any atom is -0.350 e. The number of aryl methyl sites for hydroxylation is 1. The van der Waals surface area contributed by atoms with Crippen LogP contribution in [0.1, 0.15) is 63.5 Å². The van der Waals surface area contributed by atoms with Crippen LogP contribution < -0.4 is 10.2 Å². The number of carbonyl (C=O) groups excluding carboxylic acids is 1. The standard InChI is InChI=1S/C21H30N4O/c1-7-16-10-8-9-11-17(16)22-20(26)13-25(6)19-12-18(14(2)3)23-21(24-19)15(4)5/h8-12,14-15H,7,13H2,1-6H3,(H,22,26). The van der Waals surface area contributed by atoms with Crippen LogP contribution in [0.3, 0.4) is 0 Å². The van der Waals surface area contributed by atoms with E-state index in [0.717, 1.165) is 35.0 Å². The summed E-state index contributed by atoms with van der Waals surface area (Å²) in [6.07, 6.45) is 0.883. The molecule has 2 aromatic rings. The Morgan fingerprint density at radius 1 is 1.12 bits per heavy atom. The zero-order valence-electron chi connectivity index (χ0n) is 16.7. The van der Waals surface area contributed by atoms with Crippen LogP contribution in [-0.4, -0.2) is 29.5 Å². The summed E-state index contributed by atoms with van der Waals surface area (Å²) < 4.78 is 0. The SMILES string of the molecule is CCc1ccccc1NC(=O)CN(C)c1cc(C(C)C)nc(C(C)C)n1. The Labute approximate surface area is 156 Å². The molecule has 0 aliphatic rings. The number of hydrogen-bond acceptors (Lipinski definition) is 4. The van der Waals surface area contributed by atoms with Crippen LogP contribution in [0.2, 0.25) is 0 Å². The van der Waals surface area contributed by atoms with Gasteiger partial charge in [-0.3, -0.25) is 4.79 Å². The maximum Gasteiger partial charge on any atom is 0.243 e. The Morgan fingerprint density at radius 3 is 2.42 bits per heavy atom. The van der Waals surface area contributed by atoms with Gasteiger partial charge in [0.2, 0.25) is 5.91 Å². The highest BCUT2D eigenvalue weighted by Gasteiger charge is 2.15. The number of likely N-dealkylation sites (N-methyl/N-ethyl adjacent to an activating group) is 1. The van der Waals surface area contributed by atoms with Crippen LogP contribution in [-0.2, 0) is 11.2 Å².